The molecule has 0 fully saturated rings. The van der Waals surface area contributed by atoms with Gasteiger partial charge in [-0.2, -0.15) is 0 Å². The van der Waals surface area contributed by atoms with Gasteiger partial charge in [-0.05, 0) is 34.7 Å². The molecule has 3 N–H and O–H groups in total. The molecule has 1 aliphatic carbocycles. The van der Waals surface area contributed by atoms with Crippen LogP contribution < -0.4 is 10.6 Å². The lowest BCUT2D eigenvalue weighted by Gasteiger charge is -2.25. The Morgan fingerprint density at radius 3 is 2.15 bits per heavy atom. The Balaban J connectivity index is 1.38. The Morgan fingerprint density at radius 1 is 0.897 bits per heavy atom. The van der Waals surface area contributed by atoms with Crippen molar-refractivity contribution < 1.29 is 33.7 Å². The Morgan fingerprint density at radius 2 is 1.51 bits per heavy atom. The summed E-state index contributed by atoms with van der Waals surface area (Å²) in [7, 11) is 0. The van der Waals surface area contributed by atoms with Crippen LogP contribution in [0.25, 0.3) is 11.1 Å². The van der Waals surface area contributed by atoms with Gasteiger partial charge in [0.2, 0.25) is 5.91 Å². The number of hydrogen-bond acceptors (Lipinski definition) is 6. The highest BCUT2D eigenvalue weighted by molar-refractivity contribution is 5.86. The first-order valence-electron chi connectivity index (χ1n) is 12.8. The van der Waals surface area contributed by atoms with Crippen molar-refractivity contribution in [2.45, 2.75) is 31.6 Å². The highest BCUT2D eigenvalue weighted by atomic mass is 16.5. The molecule has 9 heteroatoms. The molecule has 2 amide bonds. The number of carbonyl (C=O) groups excluding carboxylic acids is 2. The van der Waals surface area contributed by atoms with E-state index in [-0.39, 0.29) is 32.3 Å². The number of rotatable bonds is 13. The molecule has 39 heavy (non-hydrogen) atoms. The molecule has 0 bridgehead atoms. The molecule has 204 valence electrons. The molecule has 0 heterocycles. The number of benzene rings is 3. The van der Waals surface area contributed by atoms with Crippen molar-refractivity contribution in [1.82, 2.24) is 10.6 Å². The van der Waals surface area contributed by atoms with Gasteiger partial charge in [-0.1, -0.05) is 78.9 Å². The molecule has 3 aromatic carbocycles. The van der Waals surface area contributed by atoms with E-state index in [4.69, 9.17) is 19.3 Å². The smallest absolute Gasteiger partial charge is 0.407 e. The maximum atomic E-state index is 13.0. The largest absolute Gasteiger partial charge is 0.480 e. The lowest BCUT2D eigenvalue weighted by atomic mass is 9.98. The number of ether oxygens (including phenoxy) is 3. The third-order valence-electron chi connectivity index (χ3n) is 6.50. The second-order valence-electron chi connectivity index (χ2n) is 9.19. The van der Waals surface area contributed by atoms with Crippen LogP contribution >= 0.6 is 0 Å². The van der Waals surface area contributed by atoms with Crippen LogP contribution in [0.4, 0.5) is 4.79 Å². The lowest BCUT2D eigenvalue weighted by molar-refractivity contribution is -0.142. The summed E-state index contributed by atoms with van der Waals surface area (Å²) in [6.45, 7) is 1.66. The first-order chi connectivity index (χ1) is 18.9. The summed E-state index contributed by atoms with van der Waals surface area (Å²) >= 11 is 0. The zero-order valence-corrected chi connectivity index (χ0v) is 21.7. The Kier molecular flexibility index (Phi) is 9.66. The van der Waals surface area contributed by atoms with Crippen LogP contribution in [-0.4, -0.2) is 61.6 Å². The minimum Gasteiger partial charge on any atom is -0.480 e. The first kappa shape index (κ1) is 27.8. The Hall–Kier alpha value is -4.21. The van der Waals surface area contributed by atoms with Crippen LogP contribution in [0.5, 0.6) is 0 Å². The van der Waals surface area contributed by atoms with Gasteiger partial charge in [0, 0.05) is 12.5 Å². The van der Waals surface area contributed by atoms with E-state index in [1.807, 2.05) is 66.7 Å². The molecule has 0 saturated carbocycles. The molecule has 1 aliphatic rings. The predicted octanol–water partition coefficient (Wildman–Crippen LogP) is 3.72. The average molecular weight is 533 g/mol. The first-order valence-corrected chi connectivity index (χ1v) is 12.8. The van der Waals surface area contributed by atoms with Crippen molar-refractivity contribution >= 4 is 18.0 Å². The van der Waals surface area contributed by atoms with Crippen LogP contribution in [0.15, 0.2) is 78.9 Å². The molecule has 4 rings (SSSR count). The molecular formula is C30H32N2O7. The molecule has 0 spiro atoms. The summed E-state index contributed by atoms with van der Waals surface area (Å²) in [6.07, 6.45) is -1.43. The summed E-state index contributed by atoms with van der Waals surface area (Å²) in [5, 5.41) is 14.0. The second kappa shape index (κ2) is 13.5. The maximum absolute atomic E-state index is 13.0. The SMILES string of the molecule is CC(OCc1ccccc1)C(NC(=O)OCC1c2ccccc2-c2ccccc21)C(=O)NCCOCC(=O)O. The van der Waals surface area contributed by atoms with Crippen LogP contribution in [0.2, 0.25) is 0 Å². The number of carbonyl (C=O) groups is 3. The minimum absolute atomic E-state index is 0.00889. The fraction of sp³-hybridized carbons (Fsp3) is 0.300. The molecule has 0 saturated heterocycles. The van der Waals surface area contributed by atoms with Gasteiger partial charge in [-0.15, -0.1) is 0 Å². The molecule has 2 unspecified atom stereocenters. The molecule has 0 aliphatic heterocycles. The second-order valence-corrected chi connectivity index (χ2v) is 9.19. The van der Waals surface area contributed by atoms with Gasteiger partial charge < -0.3 is 30.0 Å². The van der Waals surface area contributed by atoms with E-state index >= 15 is 0 Å². The van der Waals surface area contributed by atoms with E-state index in [0.29, 0.717) is 0 Å². The number of hydrogen-bond donors (Lipinski definition) is 3. The maximum Gasteiger partial charge on any atom is 0.407 e. The van der Waals surface area contributed by atoms with E-state index in [9.17, 15) is 14.4 Å². The average Bonchev–Trinajstić information content (AvgIpc) is 3.27. The van der Waals surface area contributed by atoms with Crippen molar-refractivity contribution in [3.63, 3.8) is 0 Å². The molecule has 2 atom stereocenters. The summed E-state index contributed by atoms with van der Waals surface area (Å²) in [6, 6.07) is 24.5. The van der Waals surface area contributed by atoms with Crippen LogP contribution in [0, 0.1) is 0 Å². The molecule has 0 radical (unpaired) electrons. The fourth-order valence-electron chi connectivity index (χ4n) is 4.58. The van der Waals surface area contributed by atoms with Gasteiger partial charge in [-0.3, -0.25) is 4.79 Å². The van der Waals surface area contributed by atoms with Crippen molar-refractivity contribution in [3.05, 3.63) is 95.6 Å². The molecular weight excluding hydrogens is 500 g/mol. The van der Waals surface area contributed by atoms with Gasteiger partial charge in [0.25, 0.3) is 0 Å². The van der Waals surface area contributed by atoms with E-state index in [1.165, 1.54) is 0 Å². The monoisotopic (exact) mass is 532 g/mol. The highest BCUT2D eigenvalue weighted by Crippen LogP contribution is 2.44. The third kappa shape index (κ3) is 7.43. The summed E-state index contributed by atoms with van der Waals surface area (Å²) < 4.78 is 16.5. The number of fused-ring (bicyclic) bond motifs is 3. The van der Waals surface area contributed by atoms with E-state index in [0.717, 1.165) is 27.8 Å². The summed E-state index contributed by atoms with van der Waals surface area (Å²) in [5.41, 5.74) is 5.33. The fourth-order valence-corrected chi connectivity index (χ4v) is 4.58. The Bertz CT molecular complexity index is 1240. The molecule has 9 nitrogen and oxygen atoms in total. The summed E-state index contributed by atoms with van der Waals surface area (Å²) in [5.74, 6) is -1.71. The quantitative estimate of drug-likeness (QED) is 0.287. The number of carboxylic acids is 1. The normalized spacial score (nSPS) is 13.6. The zero-order chi connectivity index (χ0) is 27.6. The summed E-state index contributed by atoms with van der Waals surface area (Å²) in [4.78, 5) is 36.5. The third-order valence-corrected chi connectivity index (χ3v) is 6.50. The lowest BCUT2D eigenvalue weighted by Crippen LogP contribution is -2.53. The van der Waals surface area contributed by atoms with Crippen molar-refractivity contribution in [1.29, 1.82) is 0 Å². The molecule has 3 aromatic rings. The van der Waals surface area contributed by atoms with Gasteiger partial charge in [0.05, 0.1) is 19.3 Å². The van der Waals surface area contributed by atoms with Gasteiger partial charge in [0.15, 0.2) is 0 Å². The van der Waals surface area contributed by atoms with Crippen LogP contribution in [-0.2, 0) is 30.4 Å². The van der Waals surface area contributed by atoms with Gasteiger partial charge >= 0.3 is 12.1 Å². The van der Waals surface area contributed by atoms with Gasteiger partial charge in [-0.25, -0.2) is 9.59 Å². The standard InChI is InChI=1S/C30H32N2O7/c1-20(38-17-21-9-3-2-4-10-21)28(29(35)31-15-16-37-19-27(33)34)32-30(36)39-18-26-24-13-7-5-11-22(24)23-12-6-8-14-25(23)26/h2-14,20,26,28H,15-19H2,1H3,(H,31,35)(H,32,36)(H,33,34). The predicted molar refractivity (Wildman–Crippen MR) is 144 cm³/mol. The topological polar surface area (TPSA) is 123 Å². The number of nitrogens with one attached hydrogen (secondary N) is 2. The number of aliphatic carboxylic acids is 1. The minimum atomic E-state index is -1.10. The van der Waals surface area contributed by atoms with Crippen molar-refractivity contribution in [2.75, 3.05) is 26.4 Å². The van der Waals surface area contributed by atoms with Gasteiger partial charge in [0.1, 0.15) is 19.3 Å². The van der Waals surface area contributed by atoms with Crippen molar-refractivity contribution in [2.24, 2.45) is 0 Å². The van der Waals surface area contributed by atoms with Crippen molar-refractivity contribution in [3.8, 4) is 11.1 Å². The van der Waals surface area contributed by atoms with E-state index in [2.05, 4.69) is 22.8 Å². The van der Waals surface area contributed by atoms with Crippen LogP contribution in [0.3, 0.4) is 0 Å². The Labute approximate surface area is 227 Å². The van der Waals surface area contributed by atoms with E-state index in [1.54, 1.807) is 6.92 Å². The molecule has 0 aromatic heterocycles. The highest BCUT2D eigenvalue weighted by Gasteiger charge is 2.31. The zero-order valence-electron chi connectivity index (χ0n) is 21.7. The van der Waals surface area contributed by atoms with E-state index < -0.39 is 36.7 Å². The number of amides is 2. The van der Waals surface area contributed by atoms with Crippen LogP contribution in [0.1, 0.15) is 29.5 Å². The number of carboxylic acid groups (broad SMARTS) is 1. The number of alkyl carbamates (subject to hydrolysis) is 1.